The van der Waals surface area contributed by atoms with Gasteiger partial charge in [-0.15, -0.1) is 0 Å². The fourth-order valence-electron chi connectivity index (χ4n) is 2.26. The first-order valence-electron chi connectivity index (χ1n) is 6.41. The van der Waals surface area contributed by atoms with E-state index in [0.29, 0.717) is 0 Å². The van der Waals surface area contributed by atoms with Crippen LogP contribution in [0.1, 0.15) is 25.7 Å². The Balaban J connectivity index is 6.10. The lowest BCUT2D eigenvalue weighted by molar-refractivity contribution is -0.213. The number of nitrogens with two attached hydrogens (primary N) is 1. The summed E-state index contributed by atoms with van der Waals surface area (Å²) in [5.74, 6) is -6.49. The molecule has 0 heterocycles. The summed E-state index contributed by atoms with van der Waals surface area (Å²) in [7, 11) is 0. The first kappa shape index (κ1) is 20.8. The third-order valence-electron chi connectivity index (χ3n) is 3.11. The highest BCUT2D eigenvalue weighted by molar-refractivity contribution is 5.77. The summed E-state index contributed by atoms with van der Waals surface area (Å²) in [6, 6.07) is 0. The number of aliphatic hydroxyl groups is 1. The van der Waals surface area contributed by atoms with Crippen molar-refractivity contribution < 1.29 is 49.4 Å². The van der Waals surface area contributed by atoms with Crippen molar-refractivity contribution in [2.45, 2.75) is 36.9 Å². The van der Waals surface area contributed by atoms with Crippen LogP contribution in [0.25, 0.3) is 0 Å². The Morgan fingerprint density at radius 2 is 1.13 bits per heavy atom. The zero-order valence-corrected chi connectivity index (χ0v) is 12.1. The molecule has 0 amide bonds. The summed E-state index contributed by atoms with van der Waals surface area (Å²) in [6.07, 6.45) is -4.67. The molecule has 0 spiro atoms. The van der Waals surface area contributed by atoms with E-state index in [9.17, 15) is 24.3 Å². The molecule has 7 N–H and O–H groups in total. The first-order chi connectivity index (χ1) is 10.5. The zero-order chi connectivity index (χ0) is 18.3. The van der Waals surface area contributed by atoms with E-state index in [1.165, 1.54) is 0 Å². The van der Waals surface area contributed by atoms with Crippen molar-refractivity contribution in [1.29, 1.82) is 0 Å². The van der Waals surface area contributed by atoms with Gasteiger partial charge >= 0.3 is 23.9 Å². The molecule has 0 fully saturated rings. The largest absolute Gasteiger partial charge is 0.481 e. The van der Waals surface area contributed by atoms with Crippen LogP contribution in [0.5, 0.6) is 0 Å². The van der Waals surface area contributed by atoms with E-state index in [4.69, 9.17) is 30.9 Å². The summed E-state index contributed by atoms with van der Waals surface area (Å²) < 4.78 is 5.10. The number of hydrogen-bond acceptors (Lipinski definition) is 7. The molecule has 0 aliphatic carbocycles. The summed E-state index contributed by atoms with van der Waals surface area (Å²) >= 11 is 0. The standard InChI is InChI=1S/C12H19NO10/c13-1-2-23-12(5-9(18)19,6-10(20)21)11(22,3-7(14)15)4-8(16)17/h22H,1-6,13H2,(H,14,15)(H,16,17)(H,18,19)(H,20,21). The minimum Gasteiger partial charge on any atom is -0.481 e. The lowest BCUT2D eigenvalue weighted by Gasteiger charge is -2.44. The van der Waals surface area contributed by atoms with Crippen LogP contribution < -0.4 is 5.73 Å². The van der Waals surface area contributed by atoms with Crippen molar-refractivity contribution in [3.63, 3.8) is 0 Å². The average Bonchev–Trinajstić information content (AvgIpc) is 2.32. The van der Waals surface area contributed by atoms with Crippen LogP contribution in [0, 0.1) is 0 Å². The van der Waals surface area contributed by atoms with Crippen LogP contribution in [0.3, 0.4) is 0 Å². The normalized spacial score (nSPS) is 11.9. The number of carboxylic acid groups (broad SMARTS) is 4. The van der Waals surface area contributed by atoms with E-state index < -0.39 is 67.4 Å². The second kappa shape index (κ2) is 8.41. The van der Waals surface area contributed by atoms with E-state index in [1.807, 2.05) is 0 Å². The van der Waals surface area contributed by atoms with Crippen molar-refractivity contribution >= 4 is 23.9 Å². The number of carbonyl (C=O) groups is 4. The Kier molecular flexibility index (Phi) is 7.59. The lowest BCUT2D eigenvalue weighted by Crippen LogP contribution is -2.60. The molecule has 0 saturated heterocycles. The van der Waals surface area contributed by atoms with Gasteiger partial charge in [0.2, 0.25) is 0 Å². The Labute approximate surface area is 130 Å². The van der Waals surface area contributed by atoms with Crippen LogP contribution in [0.4, 0.5) is 0 Å². The molecule has 0 aromatic heterocycles. The van der Waals surface area contributed by atoms with E-state index in [0.717, 1.165) is 0 Å². The van der Waals surface area contributed by atoms with Gasteiger partial charge in [0.25, 0.3) is 0 Å². The molecule has 0 unspecified atom stereocenters. The molecule has 11 nitrogen and oxygen atoms in total. The maximum atomic E-state index is 11.1. The van der Waals surface area contributed by atoms with Crippen LogP contribution in [-0.2, 0) is 23.9 Å². The highest BCUT2D eigenvalue weighted by Crippen LogP contribution is 2.39. The van der Waals surface area contributed by atoms with Crippen LogP contribution in [0.15, 0.2) is 0 Å². The minimum atomic E-state index is -2.77. The van der Waals surface area contributed by atoms with Crippen molar-refractivity contribution in [2.75, 3.05) is 13.2 Å². The van der Waals surface area contributed by atoms with Crippen molar-refractivity contribution in [3.05, 3.63) is 0 Å². The fraction of sp³-hybridized carbons (Fsp3) is 0.667. The SMILES string of the molecule is NCCOC(CC(=O)O)(CC(=O)O)C(O)(CC(=O)O)CC(=O)O. The molecular weight excluding hydrogens is 318 g/mol. The number of carboxylic acids is 4. The molecule has 0 saturated carbocycles. The maximum Gasteiger partial charge on any atom is 0.306 e. The third kappa shape index (κ3) is 6.18. The molecule has 0 aliphatic heterocycles. The van der Waals surface area contributed by atoms with Crippen molar-refractivity contribution in [2.24, 2.45) is 5.73 Å². The van der Waals surface area contributed by atoms with Crippen LogP contribution in [-0.4, -0.2) is 73.8 Å². The Morgan fingerprint density at radius 3 is 1.39 bits per heavy atom. The molecule has 0 bridgehead atoms. The number of ether oxygens (including phenoxy) is 1. The highest BCUT2D eigenvalue weighted by Gasteiger charge is 2.56. The van der Waals surface area contributed by atoms with Gasteiger partial charge in [0, 0.05) is 6.54 Å². The second-order valence-electron chi connectivity index (χ2n) is 4.95. The number of hydrogen-bond donors (Lipinski definition) is 6. The quantitative estimate of drug-likeness (QED) is 0.237. The summed E-state index contributed by atoms with van der Waals surface area (Å²) in [5, 5.41) is 46.3. The minimum absolute atomic E-state index is 0.183. The van der Waals surface area contributed by atoms with Gasteiger partial charge in [-0.3, -0.25) is 19.2 Å². The fourth-order valence-corrected chi connectivity index (χ4v) is 2.26. The van der Waals surface area contributed by atoms with Crippen molar-refractivity contribution in [1.82, 2.24) is 0 Å². The Morgan fingerprint density at radius 1 is 0.783 bits per heavy atom. The van der Waals surface area contributed by atoms with E-state index in [2.05, 4.69) is 0 Å². The predicted molar refractivity (Wildman–Crippen MR) is 71.7 cm³/mol. The zero-order valence-electron chi connectivity index (χ0n) is 12.1. The first-order valence-corrected chi connectivity index (χ1v) is 6.41. The maximum absolute atomic E-state index is 11.1. The summed E-state index contributed by atoms with van der Waals surface area (Å²) in [4.78, 5) is 44.1. The van der Waals surface area contributed by atoms with E-state index >= 15 is 0 Å². The molecule has 0 rings (SSSR count). The molecule has 0 atom stereocenters. The molecule has 0 radical (unpaired) electrons. The number of aliphatic carboxylic acids is 4. The molecule has 0 aromatic carbocycles. The smallest absolute Gasteiger partial charge is 0.306 e. The van der Waals surface area contributed by atoms with E-state index in [-0.39, 0.29) is 6.54 Å². The van der Waals surface area contributed by atoms with Gasteiger partial charge in [-0.25, -0.2) is 0 Å². The van der Waals surface area contributed by atoms with Gasteiger partial charge < -0.3 is 36.0 Å². The summed E-state index contributed by atoms with van der Waals surface area (Å²) in [5.41, 5.74) is -0.0297. The number of rotatable bonds is 12. The molecule has 132 valence electrons. The lowest BCUT2D eigenvalue weighted by atomic mass is 9.73. The predicted octanol–water partition coefficient (Wildman–Crippen LogP) is -1.67. The van der Waals surface area contributed by atoms with Gasteiger partial charge in [0.1, 0.15) is 11.2 Å². The van der Waals surface area contributed by atoms with Crippen molar-refractivity contribution in [3.8, 4) is 0 Å². The van der Waals surface area contributed by atoms with Gasteiger partial charge in [-0.2, -0.15) is 0 Å². The average molecular weight is 337 g/mol. The third-order valence-corrected chi connectivity index (χ3v) is 3.11. The molecule has 23 heavy (non-hydrogen) atoms. The Hall–Kier alpha value is -2.24. The van der Waals surface area contributed by atoms with Gasteiger partial charge in [-0.1, -0.05) is 0 Å². The molecular formula is C12H19NO10. The van der Waals surface area contributed by atoms with Crippen LogP contribution >= 0.6 is 0 Å². The van der Waals surface area contributed by atoms with Gasteiger partial charge in [-0.05, 0) is 0 Å². The molecule has 0 aliphatic rings. The second-order valence-corrected chi connectivity index (χ2v) is 4.95. The topological polar surface area (TPSA) is 205 Å². The molecule has 0 aromatic rings. The van der Waals surface area contributed by atoms with Gasteiger partial charge in [0.15, 0.2) is 0 Å². The monoisotopic (exact) mass is 337 g/mol. The highest BCUT2D eigenvalue weighted by atomic mass is 16.5. The molecule has 11 heteroatoms. The summed E-state index contributed by atoms with van der Waals surface area (Å²) in [6.45, 7) is -0.584. The Bertz CT molecular complexity index is 442. The van der Waals surface area contributed by atoms with Crippen LogP contribution in [0.2, 0.25) is 0 Å². The van der Waals surface area contributed by atoms with E-state index in [1.54, 1.807) is 0 Å². The van der Waals surface area contributed by atoms with Gasteiger partial charge in [0.05, 0.1) is 32.3 Å².